The highest BCUT2D eigenvalue weighted by Crippen LogP contribution is 2.36. The van der Waals surface area contributed by atoms with Gasteiger partial charge in [0.1, 0.15) is 6.07 Å². The summed E-state index contributed by atoms with van der Waals surface area (Å²) in [5.41, 5.74) is 5.67. The van der Waals surface area contributed by atoms with Crippen molar-refractivity contribution in [3.63, 3.8) is 0 Å². The summed E-state index contributed by atoms with van der Waals surface area (Å²) in [7, 11) is 6.35. The summed E-state index contributed by atoms with van der Waals surface area (Å²) in [6.45, 7) is 6.87. The van der Waals surface area contributed by atoms with E-state index < -0.39 is 0 Å². The van der Waals surface area contributed by atoms with Crippen molar-refractivity contribution in [2.45, 2.75) is 29.2 Å². The van der Waals surface area contributed by atoms with Crippen LogP contribution in [-0.2, 0) is 6.42 Å². The second-order valence-corrected chi connectivity index (χ2v) is 10.5. The molecule has 178 valence electrons. The van der Waals surface area contributed by atoms with E-state index >= 15 is 0 Å². The number of anilines is 2. The number of nitriles is 1. The van der Waals surface area contributed by atoms with Crippen molar-refractivity contribution in [2.75, 3.05) is 76.2 Å². The molecule has 5 nitrogen and oxygen atoms in total. The summed E-state index contributed by atoms with van der Waals surface area (Å²) in [6.07, 6.45) is 5.27. The van der Waals surface area contributed by atoms with Crippen LogP contribution in [0, 0.1) is 18.3 Å². The van der Waals surface area contributed by atoms with E-state index in [9.17, 15) is 5.26 Å². The Labute approximate surface area is 208 Å². The van der Waals surface area contributed by atoms with Gasteiger partial charge in [-0.1, -0.05) is 12.1 Å². The molecule has 1 fully saturated rings. The Balaban J connectivity index is 1.98. The Morgan fingerprint density at radius 1 is 1.12 bits per heavy atom. The van der Waals surface area contributed by atoms with E-state index in [2.05, 4.69) is 90.9 Å². The molecule has 3 rings (SSSR count). The lowest BCUT2D eigenvalue weighted by atomic mass is 9.98. The van der Waals surface area contributed by atoms with Gasteiger partial charge in [0.05, 0.1) is 11.3 Å². The van der Waals surface area contributed by atoms with Crippen LogP contribution in [0.25, 0.3) is 0 Å². The summed E-state index contributed by atoms with van der Waals surface area (Å²) in [5.74, 6) is 0. The number of piperazine rings is 1. The number of benzene rings is 2. The number of nitrogens with one attached hydrogen (secondary N) is 1. The van der Waals surface area contributed by atoms with Gasteiger partial charge in [0.2, 0.25) is 0 Å². The van der Waals surface area contributed by atoms with E-state index in [0.29, 0.717) is 6.04 Å². The zero-order valence-electron chi connectivity index (χ0n) is 20.8. The van der Waals surface area contributed by atoms with Crippen LogP contribution < -0.4 is 15.1 Å². The summed E-state index contributed by atoms with van der Waals surface area (Å²) in [6, 6.07) is 13.5. The van der Waals surface area contributed by atoms with E-state index in [0.717, 1.165) is 50.4 Å². The number of hydrogen-bond donors (Lipinski definition) is 1. The topological polar surface area (TPSA) is 45.5 Å². The molecule has 1 atom stereocenters. The number of likely N-dealkylation sites (N-methyl/N-ethyl adjacent to an activating group) is 2. The maximum absolute atomic E-state index is 9.99. The molecule has 1 aliphatic heterocycles. The zero-order valence-corrected chi connectivity index (χ0v) is 22.4. The van der Waals surface area contributed by atoms with Crippen LogP contribution in [0.3, 0.4) is 0 Å². The largest absolute Gasteiger partial charge is 0.373 e. The molecule has 0 radical (unpaired) electrons. The van der Waals surface area contributed by atoms with Gasteiger partial charge in [-0.25, -0.2) is 0 Å². The van der Waals surface area contributed by atoms with Gasteiger partial charge in [0.25, 0.3) is 0 Å². The second kappa shape index (κ2) is 12.0. The average Bonchev–Trinajstić information content (AvgIpc) is 2.82. The van der Waals surface area contributed by atoms with Gasteiger partial charge < -0.3 is 20.0 Å². The van der Waals surface area contributed by atoms with Crippen molar-refractivity contribution in [1.29, 1.82) is 5.26 Å². The van der Waals surface area contributed by atoms with E-state index in [1.807, 2.05) is 29.6 Å². The molecule has 0 spiro atoms. The normalized spacial score (nSPS) is 16.2. The molecule has 33 heavy (non-hydrogen) atoms. The van der Waals surface area contributed by atoms with Gasteiger partial charge in [-0.3, -0.25) is 0 Å². The molecule has 2 aromatic carbocycles. The average molecular weight is 484 g/mol. The lowest BCUT2D eigenvalue weighted by Crippen LogP contribution is -2.53. The third-order valence-corrected chi connectivity index (χ3v) is 8.19. The van der Waals surface area contributed by atoms with Crippen molar-refractivity contribution in [3.05, 3.63) is 47.0 Å². The highest BCUT2D eigenvalue weighted by molar-refractivity contribution is 8.01. The third-order valence-electron chi connectivity index (χ3n) is 6.39. The quantitative estimate of drug-likeness (QED) is 0.533. The van der Waals surface area contributed by atoms with Gasteiger partial charge >= 0.3 is 0 Å². The Bertz CT molecular complexity index is 985. The minimum Gasteiger partial charge on any atom is -0.373 e. The summed E-state index contributed by atoms with van der Waals surface area (Å²) < 4.78 is 0. The second-order valence-electron chi connectivity index (χ2n) is 8.85. The van der Waals surface area contributed by atoms with Crippen molar-refractivity contribution >= 4 is 34.9 Å². The van der Waals surface area contributed by atoms with Crippen molar-refractivity contribution < 1.29 is 0 Å². The van der Waals surface area contributed by atoms with Crippen LogP contribution in [0.4, 0.5) is 11.4 Å². The lowest BCUT2D eigenvalue weighted by Gasteiger charge is -2.40. The SMILES string of the molecule is CSc1cccc(CC2CNCCN2c2c(C#N)ccc(N(C)CCN(C)C)c2C)c1SC. The highest BCUT2D eigenvalue weighted by Gasteiger charge is 2.28. The smallest absolute Gasteiger partial charge is 0.101 e. The molecule has 7 heteroatoms. The maximum atomic E-state index is 9.99. The molecule has 1 saturated heterocycles. The molecule has 1 aliphatic rings. The molecule has 0 amide bonds. The molecule has 0 aliphatic carbocycles. The van der Waals surface area contributed by atoms with Crippen LogP contribution in [0.5, 0.6) is 0 Å². The Hall–Kier alpha value is -1.85. The third kappa shape index (κ3) is 5.99. The predicted molar refractivity (Wildman–Crippen MR) is 145 cm³/mol. The van der Waals surface area contributed by atoms with Crippen LogP contribution in [0.15, 0.2) is 40.1 Å². The summed E-state index contributed by atoms with van der Waals surface area (Å²) in [5, 5.41) is 13.6. The first-order valence-corrected chi connectivity index (χ1v) is 13.9. The predicted octanol–water partition coefficient (Wildman–Crippen LogP) is 4.33. The Morgan fingerprint density at radius 2 is 1.91 bits per heavy atom. The molecule has 0 bridgehead atoms. The fourth-order valence-electron chi connectivity index (χ4n) is 4.64. The zero-order chi connectivity index (χ0) is 24.0. The molecular formula is C26H37N5S2. The minimum atomic E-state index is 0.301. The number of rotatable bonds is 9. The maximum Gasteiger partial charge on any atom is 0.101 e. The van der Waals surface area contributed by atoms with E-state index in [1.54, 1.807) is 0 Å². The number of hydrogen-bond acceptors (Lipinski definition) is 7. The first-order valence-electron chi connectivity index (χ1n) is 11.5. The Kier molecular flexibility index (Phi) is 9.39. The lowest BCUT2D eigenvalue weighted by molar-refractivity contribution is 0.416. The Morgan fingerprint density at radius 3 is 2.58 bits per heavy atom. The molecule has 1 unspecified atom stereocenters. The van der Waals surface area contributed by atoms with Crippen LogP contribution >= 0.6 is 23.5 Å². The molecule has 0 aromatic heterocycles. The van der Waals surface area contributed by atoms with Crippen molar-refractivity contribution in [1.82, 2.24) is 10.2 Å². The summed E-state index contributed by atoms with van der Waals surface area (Å²) in [4.78, 5) is 9.72. The van der Waals surface area contributed by atoms with Gasteiger partial charge in [0, 0.05) is 61.3 Å². The van der Waals surface area contributed by atoms with Gasteiger partial charge in [-0.2, -0.15) is 5.26 Å². The van der Waals surface area contributed by atoms with E-state index in [4.69, 9.17) is 0 Å². The van der Waals surface area contributed by atoms with Crippen LogP contribution in [0.2, 0.25) is 0 Å². The van der Waals surface area contributed by atoms with Crippen LogP contribution in [-0.4, -0.2) is 77.3 Å². The first kappa shape index (κ1) is 25.8. The minimum absolute atomic E-state index is 0.301. The fourth-order valence-corrected chi connectivity index (χ4v) is 6.35. The van der Waals surface area contributed by atoms with Gasteiger partial charge in [-0.05, 0) is 69.3 Å². The molecular weight excluding hydrogens is 446 g/mol. The molecule has 1 heterocycles. The van der Waals surface area contributed by atoms with Gasteiger partial charge in [0.15, 0.2) is 0 Å². The van der Waals surface area contributed by atoms with Gasteiger partial charge in [-0.15, -0.1) is 23.5 Å². The monoisotopic (exact) mass is 483 g/mol. The van der Waals surface area contributed by atoms with Crippen LogP contribution in [0.1, 0.15) is 16.7 Å². The molecule has 1 N–H and O–H groups in total. The molecule has 2 aromatic rings. The van der Waals surface area contributed by atoms with E-state index in [-0.39, 0.29) is 0 Å². The van der Waals surface area contributed by atoms with Crippen molar-refractivity contribution in [2.24, 2.45) is 0 Å². The first-order chi connectivity index (χ1) is 15.9. The van der Waals surface area contributed by atoms with E-state index in [1.165, 1.54) is 26.6 Å². The van der Waals surface area contributed by atoms with Crippen molar-refractivity contribution in [3.8, 4) is 6.07 Å². The fraction of sp³-hybridized carbons (Fsp3) is 0.500. The number of nitrogens with zero attached hydrogens (tertiary/aromatic N) is 4. The molecule has 0 saturated carbocycles. The highest BCUT2D eigenvalue weighted by atomic mass is 32.2. The standard InChI is InChI=1S/C26H37N5S2/c1-19-23(30(4)15-14-29(2)3)11-10-21(17-27)25(19)31-13-12-28-18-22(31)16-20-8-7-9-24(32-5)26(20)33-6/h7-11,22,28H,12-16,18H2,1-6H3. The summed E-state index contributed by atoms with van der Waals surface area (Å²) >= 11 is 3.65. The number of thioether (sulfide) groups is 2.